The number of carbonyl (C=O) groups excluding carboxylic acids is 1. The number of anilines is 2. The Kier molecular flexibility index (Phi) is 8.84. The third-order valence-corrected chi connectivity index (χ3v) is 6.22. The number of hydrogen-bond donors (Lipinski definition) is 2. The Morgan fingerprint density at radius 1 is 0.886 bits per heavy atom. The van der Waals surface area contributed by atoms with E-state index in [1.807, 2.05) is 65.7 Å². The monoisotopic (exact) mass is 473 g/mol. The van der Waals surface area contributed by atoms with Crippen molar-refractivity contribution in [3.63, 3.8) is 0 Å². The van der Waals surface area contributed by atoms with Crippen molar-refractivity contribution in [3.05, 3.63) is 90.5 Å². The molecule has 7 heteroatoms. The normalized spacial score (nSPS) is 13.8. The van der Waals surface area contributed by atoms with E-state index in [9.17, 15) is 4.79 Å². The fraction of sp³-hybridized carbons (Fsp3) is 0.321. The molecule has 0 radical (unpaired) electrons. The average Bonchev–Trinajstić information content (AvgIpc) is 2.92. The third-order valence-electron chi connectivity index (χ3n) is 6.22. The number of hydrogen-bond acceptors (Lipinski definition) is 5. The van der Waals surface area contributed by atoms with Crippen molar-refractivity contribution < 1.29 is 9.53 Å². The Morgan fingerprint density at radius 3 is 2.26 bits per heavy atom. The Labute approximate surface area is 208 Å². The van der Waals surface area contributed by atoms with Gasteiger partial charge in [-0.15, -0.1) is 0 Å². The summed E-state index contributed by atoms with van der Waals surface area (Å²) in [6.07, 6.45) is 0.909. The summed E-state index contributed by atoms with van der Waals surface area (Å²) in [6, 6.07) is 28.0. The zero-order valence-electron chi connectivity index (χ0n) is 20.4. The quantitative estimate of drug-likeness (QED) is 0.343. The van der Waals surface area contributed by atoms with Gasteiger partial charge < -0.3 is 15.0 Å². The van der Waals surface area contributed by atoms with Crippen LogP contribution in [-0.4, -0.2) is 57.3 Å². The molecule has 1 heterocycles. The Balaban J connectivity index is 1.19. The minimum atomic E-state index is -0.189. The summed E-state index contributed by atoms with van der Waals surface area (Å²) in [5, 5.41) is 4.89. The van der Waals surface area contributed by atoms with E-state index in [0.29, 0.717) is 13.1 Å². The summed E-state index contributed by atoms with van der Waals surface area (Å²) in [7, 11) is 1.72. The van der Waals surface area contributed by atoms with Gasteiger partial charge in [0.25, 0.3) is 0 Å². The number of nitrogens with zero attached hydrogens (tertiary/aromatic N) is 3. The molecule has 1 fully saturated rings. The molecule has 1 aliphatic heterocycles. The average molecular weight is 474 g/mol. The van der Waals surface area contributed by atoms with Gasteiger partial charge in [-0.1, -0.05) is 60.7 Å². The van der Waals surface area contributed by atoms with Crippen molar-refractivity contribution in [2.45, 2.75) is 13.0 Å². The van der Waals surface area contributed by atoms with E-state index in [2.05, 4.69) is 44.8 Å². The topological polar surface area (TPSA) is 60.1 Å². The molecular formula is C28H35N5O2. The van der Waals surface area contributed by atoms with Gasteiger partial charge in [0, 0.05) is 32.7 Å². The SMILES string of the molecule is COc1ccccc1N1CCN(CCCNC(=O)NN(Cc2ccccc2)c2ccccc2)CC1. The minimum Gasteiger partial charge on any atom is -0.495 e. The smallest absolute Gasteiger partial charge is 0.333 e. The molecular weight excluding hydrogens is 438 g/mol. The van der Waals surface area contributed by atoms with E-state index >= 15 is 0 Å². The first-order valence-electron chi connectivity index (χ1n) is 12.2. The number of piperazine rings is 1. The minimum absolute atomic E-state index is 0.189. The van der Waals surface area contributed by atoms with Crippen LogP contribution in [0.3, 0.4) is 0 Å². The standard InChI is InChI=1S/C28H35N5O2/c1-35-27-16-9-8-15-26(27)32-21-19-31(20-22-32)18-10-17-29-28(34)30-33(25-13-6-3-7-14-25)23-24-11-4-2-5-12-24/h2-9,11-16H,10,17-23H2,1H3,(H2,29,30,34). The second kappa shape index (κ2) is 12.7. The first-order chi connectivity index (χ1) is 17.2. The van der Waals surface area contributed by atoms with Crippen LogP contribution in [0.25, 0.3) is 0 Å². The molecule has 1 saturated heterocycles. The van der Waals surface area contributed by atoms with Gasteiger partial charge in [0.05, 0.1) is 25.0 Å². The fourth-order valence-corrected chi connectivity index (χ4v) is 4.34. The predicted molar refractivity (Wildman–Crippen MR) is 142 cm³/mol. The third kappa shape index (κ3) is 7.13. The summed E-state index contributed by atoms with van der Waals surface area (Å²) >= 11 is 0. The van der Waals surface area contributed by atoms with Crippen LogP contribution in [-0.2, 0) is 6.54 Å². The summed E-state index contributed by atoms with van der Waals surface area (Å²) in [5.74, 6) is 0.924. The highest BCUT2D eigenvalue weighted by Gasteiger charge is 2.19. The van der Waals surface area contributed by atoms with Crippen LogP contribution in [0.2, 0.25) is 0 Å². The van der Waals surface area contributed by atoms with E-state index < -0.39 is 0 Å². The predicted octanol–water partition coefficient (Wildman–Crippen LogP) is 4.13. The van der Waals surface area contributed by atoms with E-state index in [4.69, 9.17) is 4.74 Å². The van der Waals surface area contributed by atoms with E-state index in [-0.39, 0.29) is 6.03 Å². The zero-order chi connectivity index (χ0) is 24.3. The van der Waals surface area contributed by atoms with Gasteiger partial charge >= 0.3 is 6.03 Å². The number of ether oxygens (including phenoxy) is 1. The second-order valence-electron chi connectivity index (χ2n) is 8.63. The van der Waals surface area contributed by atoms with Crippen molar-refractivity contribution in [2.75, 3.05) is 56.3 Å². The molecule has 0 spiro atoms. The van der Waals surface area contributed by atoms with Gasteiger partial charge in [-0.2, -0.15) is 0 Å². The van der Waals surface area contributed by atoms with Gasteiger partial charge in [-0.25, -0.2) is 10.2 Å². The summed E-state index contributed by atoms with van der Waals surface area (Å²) in [4.78, 5) is 17.5. The van der Waals surface area contributed by atoms with Crippen molar-refractivity contribution >= 4 is 17.4 Å². The molecule has 2 amide bonds. The molecule has 0 bridgehead atoms. The largest absolute Gasteiger partial charge is 0.495 e. The number of nitrogens with one attached hydrogen (secondary N) is 2. The number of carbonyl (C=O) groups is 1. The molecule has 3 aromatic carbocycles. The Morgan fingerprint density at radius 2 is 1.54 bits per heavy atom. The lowest BCUT2D eigenvalue weighted by Gasteiger charge is -2.36. The van der Waals surface area contributed by atoms with E-state index in [1.165, 1.54) is 0 Å². The molecule has 2 N–H and O–H groups in total. The maximum atomic E-state index is 12.6. The lowest BCUT2D eigenvalue weighted by molar-refractivity contribution is 0.235. The molecule has 184 valence electrons. The lowest BCUT2D eigenvalue weighted by Crippen LogP contribution is -2.48. The van der Waals surface area contributed by atoms with Crippen LogP contribution in [0, 0.1) is 0 Å². The Hall–Kier alpha value is -3.71. The molecule has 3 aromatic rings. The molecule has 0 unspecified atom stereocenters. The van der Waals surface area contributed by atoms with E-state index in [0.717, 1.165) is 61.8 Å². The number of rotatable bonds is 10. The molecule has 35 heavy (non-hydrogen) atoms. The maximum absolute atomic E-state index is 12.6. The van der Waals surface area contributed by atoms with Crippen molar-refractivity contribution in [2.24, 2.45) is 0 Å². The second-order valence-corrected chi connectivity index (χ2v) is 8.63. The molecule has 0 atom stereocenters. The van der Waals surface area contributed by atoms with Crippen molar-refractivity contribution in [3.8, 4) is 5.75 Å². The van der Waals surface area contributed by atoms with Crippen LogP contribution in [0.4, 0.5) is 16.2 Å². The number of hydrazine groups is 1. The number of amides is 2. The van der Waals surface area contributed by atoms with Crippen LogP contribution in [0.5, 0.6) is 5.75 Å². The van der Waals surface area contributed by atoms with Gasteiger partial charge in [0.15, 0.2) is 0 Å². The van der Waals surface area contributed by atoms with Crippen molar-refractivity contribution in [1.29, 1.82) is 0 Å². The maximum Gasteiger partial charge on any atom is 0.333 e. The highest BCUT2D eigenvalue weighted by molar-refractivity contribution is 5.76. The number of benzene rings is 3. The van der Waals surface area contributed by atoms with Crippen LogP contribution in [0.1, 0.15) is 12.0 Å². The van der Waals surface area contributed by atoms with Gasteiger partial charge in [0.1, 0.15) is 5.75 Å². The zero-order valence-corrected chi connectivity index (χ0v) is 20.4. The van der Waals surface area contributed by atoms with Crippen LogP contribution >= 0.6 is 0 Å². The lowest BCUT2D eigenvalue weighted by atomic mass is 10.2. The highest BCUT2D eigenvalue weighted by Crippen LogP contribution is 2.28. The molecule has 7 nitrogen and oxygen atoms in total. The molecule has 0 saturated carbocycles. The number of urea groups is 1. The first-order valence-corrected chi connectivity index (χ1v) is 12.2. The van der Waals surface area contributed by atoms with Gasteiger partial charge in [-0.05, 0) is 42.8 Å². The first kappa shape index (κ1) is 24.4. The van der Waals surface area contributed by atoms with E-state index in [1.54, 1.807) is 7.11 Å². The molecule has 4 rings (SSSR count). The van der Waals surface area contributed by atoms with Crippen LogP contribution < -0.4 is 25.4 Å². The molecule has 0 aromatic heterocycles. The molecule has 1 aliphatic rings. The number of methoxy groups -OCH3 is 1. The van der Waals surface area contributed by atoms with Gasteiger partial charge in [-0.3, -0.25) is 9.91 Å². The van der Waals surface area contributed by atoms with Crippen LogP contribution in [0.15, 0.2) is 84.9 Å². The van der Waals surface area contributed by atoms with Crippen molar-refractivity contribution in [1.82, 2.24) is 15.6 Å². The number of para-hydroxylation sites is 3. The summed E-state index contributed by atoms with van der Waals surface area (Å²) in [6.45, 7) is 6.14. The molecule has 0 aliphatic carbocycles. The Bertz CT molecular complexity index is 1040. The summed E-state index contributed by atoms with van der Waals surface area (Å²) < 4.78 is 5.51. The van der Waals surface area contributed by atoms with Gasteiger partial charge in [0.2, 0.25) is 0 Å². The highest BCUT2D eigenvalue weighted by atomic mass is 16.5. The fourth-order valence-electron chi connectivity index (χ4n) is 4.34. The summed E-state index contributed by atoms with van der Waals surface area (Å²) in [5.41, 5.74) is 6.24.